The van der Waals surface area contributed by atoms with Gasteiger partial charge in [0.25, 0.3) is 0 Å². The second-order valence-corrected chi connectivity index (χ2v) is 6.50. The standard InChI is InChI=1S/C16H21NO3/c1-16(2)8-11-4-3-5-12(14(11)20-16)13(15(18)19)17-9-10-6-7-10/h3-5,10,13,17H,6-9H2,1-2H3,(H,18,19). The molecule has 0 spiro atoms. The molecule has 0 amide bonds. The molecule has 1 saturated carbocycles. The van der Waals surface area contributed by atoms with Gasteiger partial charge in [0, 0.05) is 12.0 Å². The number of nitrogens with one attached hydrogen (secondary N) is 1. The monoisotopic (exact) mass is 275 g/mol. The molecule has 2 aliphatic rings. The Morgan fingerprint density at radius 2 is 2.25 bits per heavy atom. The summed E-state index contributed by atoms with van der Waals surface area (Å²) < 4.78 is 5.98. The topological polar surface area (TPSA) is 58.6 Å². The van der Waals surface area contributed by atoms with Crippen molar-refractivity contribution in [3.63, 3.8) is 0 Å². The van der Waals surface area contributed by atoms with Crippen LogP contribution in [-0.2, 0) is 11.2 Å². The van der Waals surface area contributed by atoms with Crippen LogP contribution in [0.1, 0.15) is 43.9 Å². The number of carboxylic acid groups (broad SMARTS) is 1. The van der Waals surface area contributed by atoms with Crippen LogP contribution in [0.2, 0.25) is 0 Å². The first-order valence-corrected chi connectivity index (χ1v) is 7.23. The summed E-state index contributed by atoms with van der Waals surface area (Å²) >= 11 is 0. The van der Waals surface area contributed by atoms with Crippen LogP contribution in [0, 0.1) is 5.92 Å². The van der Waals surface area contributed by atoms with E-state index in [1.807, 2.05) is 32.0 Å². The molecule has 4 heteroatoms. The van der Waals surface area contributed by atoms with Crippen molar-refractivity contribution in [2.45, 2.75) is 44.8 Å². The van der Waals surface area contributed by atoms with Gasteiger partial charge in [0.1, 0.15) is 17.4 Å². The lowest BCUT2D eigenvalue weighted by molar-refractivity contribution is -0.139. The third-order valence-corrected chi connectivity index (χ3v) is 3.99. The van der Waals surface area contributed by atoms with Crippen LogP contribution in [0.15, 0.2) is 18.2 Å². The Balaban J connectivity index is 1.87. The number of para-hydroxylation sites is 1. The molecule has 1 aromatic rings. The zero-order chi connectivity index (χ0) is 14.3. The lowest BCUT2D eigenvalue weighted by atomic mass is 9.98. The van der Waals surface area contributed by atoms with Crippen LogP contribution in [0.3, 0.4) is 0 Å². The average Bonchev–Trinajstić information content (AvgIpc) is 3.10. The van der Waals surface area contributed by atoms with E-state index in [2.05, 4.69) is 5.32 Å². The third kappa shape index (κ3) is 2.66. The maximum Gasteiger partial charge on any atom is 0.325 e. The molecule has 3 rings (SSSR count). The van der Waals surface area contributed by atoms with E-state index >= 15 is 0 Å². The van der Waals surface area contributed by atoms with E-state index in [9.17, 15) is 9.90 Å². The van der Waals surface area contributed by atoms with E-state index in [-0.39, 0.29) is 5.60 Å². The van der Waals surface area contributed by atoms with Crippen LogP contribution < -0.4 is 10.1 Å². The van der Waals surface area contributed by atoms with Gasteiger partial charge in [0.2, 0.25) is 0 Å². The number of fused-ring (bicyclic) bond motifs is 1. The van der Waals surface area contributed by atoms with Gasteiger partial charge in [-0.15, -0.1) is 0 Å². The van der Waals surface area contributed by atoms with Gasteiger partial charge in [0.15, 0.2) is 0 Å². The Morgan fingerprint density at radius 3 is 2.90 bits per heavy atom. The minimum atomic E-state index is -0.840. The molecule has 108 valence electrons. The normalized spacial score (nSPS) is 21.1. The number of carboxylic acids is 1. The van der Waals surface area contributed by atoms with Gasteiger partial charge in [-0.1, -0.05) is 18.2 Å². The predicted molar refractivity (Wildman–Crippen MR) is 76.0 cm³/mol. The van der Waals surface area contributed by atoms with E-state index in [0.717, 1.165) is 29.8 Å². The van der Waals surface area contributed by atoms with Gasteiger partial charge < -0.3 is 15.2 Å². The number of ether oxygens (including phenoxy) is 1. The van der Waals surface area contributed by atoms with Gasteiger partial charge >= 0.3 is 5.97 Å². The highest BCUT2D eigenvalue weighted by atomic mass is 16.5. The second kappa shape index (κ2) is 4.77. The molecule has 1 aliphatic carbocycles. The fraction of sp³-hybridized carbons (Fsp3) is 0.562. The summed E-state index contributed by atoms with van der Waals surface area (Å²) in [5.74, 6) is 0.562. The quantitative estimate of drug-likeness (QED) is 0.867. The van der Waals surface area contributed by atoms with Crippen molar-refractivity contribution < 1.29 is 14.6 Å². The Morgan fingerprint density at radius 1 is 1.50 bits per heavy atom. The zero-order valence-electron chi connectivity index (χ0n) is 12.0. The van der Waals surface area contributed by atoms with E-state index in [4.69, 9.17) is 4.74 Å². The summed E-state index contributed by atoms with van der Waals surface area (Å²) in [5.41, 5.74) is 1.60. The molecule has 0 radical (unpaired) electrons. The molecule has 1 aromatic carbocycles. The fourth-order valence-corrected chi connectivity index (χ4v) is 2.80. The molecule has 2 N–H and O–H groups in total. The average molecular weight is 275 g/mol. The summed E-state index contributed by atoms with van der Waals surface area (Å²) in [5, 5.41) is 12.7. The van der Waals surface area contributed by atoms with Gasteiger partial charge in [-0.05, 0) is 44.7 Å². The highest BCUT2D eigenvalue weighted by molar-refractivity contribution is 5.77. The number of aliphatic carboxylic acids is 1. The minimum absolute atomic E-state index is 0.252. The SMILES string of the molecule is CC1(C)Cc2cccc(C(NCC3CC3)C(=O)O)c2O1. The van der Waals surface area contributed by atoms with Crippen LogP contribution in [0.5, 0.6) is 5.75 Å². The highest BCUT2D eigenvalue weighted by Crippen LogP contribution is 2.40. The molecule has 1 heterocycles. The third-order valence-electron chi connectivity index (χ3n) is 3.99. The lowest BCUT2D eigenvalue weighted by Crippen LogP contribution is -2.31. The Labute approximate surface area is 119 Å². The molecule has 20 heavy (non-hydrogen) atoms. The molecule has 0 aromatic heterocycles. The Hall–Kier alpha value is -1.55. The molecule has 0 saturated heterocycles. The first kappa shape index (κ1) is 13.4. The molecule has 1 atom stereocenters. The van der Waals surface area contributed by atoms with Gasteiger partial charge in [-0.3, -0.25) is 4.79 Å². The van der Waals surface area contributed by atoms with Crippen molar-refractivity contribution in [1.82, 2.24) is 5.32 Å². The highest BCUT2D eigenvalue weighted by Gasteiger charge is 2.35. The zero-order valence-corrected chi connectivity index (χ0v) is 12.0. The molecule has 0 bridgehead atoms. The van der Waals surface area contributed by atoms with E-state index in [1.165, 1.54) is 12.8 Å². The van der Waals surface area contributed by atoms with Crippen molar-refractivity contribution in [2.24, 2.45) is 5.92 Å². The second-order valence-electron chi connectivity index (χ2n) is 6.50. The summed E-state index contributed by atoms with van der Waals surface area (Å²) in [6.07, 6.45) is 3.23. The van der Waals surface area contributed by atoms with E-state index in [0.29, 0.717) is 5.92 Å². The summed E-state index contributed by atoms with van der Waals surface area (Å²) in [4.78, 5) is 11.6. The largest absolute Gasteiger partial charge is 0.487 e. The first-order chi connectivity index (χ1) is 9.46. The van der Waals surface area contributed by atoms with Crippen molar-refractivity contribution in [3.05, 3.63) is 29.3 Å². The number of rotatable bonds is 5. The Bertz CT molecular complexity index is 535. The Kier molecular flexibility index (Phi) is 3.21. The van der Waals surface area contributed by atoms with Gasteiger partial charge in [-0.2, -0.15) is 0 Å². The molecular formula is C16H21NO3. The van der Waals surface area contributed by atoms with Crippen molar-refractivity contribution in [2.75, 3.05) is 6.54 Å². The summed E-state index contributed by atoms with van der Waals surface area (Å²) in [7, 11) is 0. The lowest BCUT2D eigenvalue weighted by Gasteiger charge is -2.21. The fourth-order valence-electron chi connectivity index (χ4n) is 2.80. The van der Waals surface area contributed by atoms with Crippen LogP contribution in [0.4, 0.5) is 0 Å². The molecule has 1 aliphatic heterocycles. The van der Waals surface area contributed by atoms with Gasteiger partial charge in [0.05, 0.1) is 0 Å². The van der Waals surface area contributed by atoms with Crippen molar-refractivity contribution in [3.8, 4) is 5.75 Å². The molecule has 4 nitrogen and oxygen atoms in total. The van der Waals surface area contributed by atoms with E-state index in [1.54, 1.807) is 0 Å². The first-order valence-electron chi connectivity index (χ1n) is 7.23. The maximum atomic E-state index is 11.6. The number of benzene rings is 1. The molecular weight excluding hydrogens is 254 g/mol. The van der Waals surface area contributed by atoms with E-state index < -0.39 is 12.0 Å². The van der Waals surface area contributed by atoms with Crippen LogP contribution in [0.25, 0.3) is 0 Å². The van der Waals surface area contributed by atoms with Crippen LogP contribution >= 0.6 is 0 Å². The predicted octanol–water partition coefficient (Wildman–Crippen LogP) is 2.53. The maximum absolute atomic E-state index is 11.6. The smallest absolute Gasteiger partial charge is 0.325 e. The summed E-state index contributed by atoms with van der Waals surface area (Å²) in [6.45, 7) is 4.83. The van der Waals surface area contributed by atoms with Crippen molar-refractivity contribution >= 4 is 5.97 Å². The molecule has 1 unspecified atom stereocenters. The minimum Gasteiger partial charge on any atom is -0.487 e. The van der Waals surface area contributed by atoms with Crippen LogP contribution in [-0.4, -0.2) is 23.2 Å². The number of carbonyl (C=O) groups is 1. The number of hydrogen-bond donors (Lipinski definition) is 2. The number of hydrogen-bond acceptors (Lipinski definition) is 3. The van der Waals surface area contributed by atoms with Gasteiger partial charge in [-0.25, -0.2) is 0 Å². The summed E-state index contributed by atoms with van der Waals surface area (Å²) in [6, 6.07) is 5.12. The molecule has 1 fully saturated rings. The van der Waals surface area contributed by atoms with Crippen molar-refractivity contribution in [1.29, 1.82) is 0 Å².